The van der Waals surface area contributed by atoms with Crippen molar-refractivity contribution in [2.45, 2.75) is 13.5 Å². The van der Waals surface area contributed by atoms with Gasteiger partial charge in [0, 0.05) is 20.2 Å². The Morgan fingerprint density at radius 3 is 2.88 bits per heavy atom. The monoisotopic (exact) mass is 351 g/mol. The Kier molecular flexibility index (Phi) is 4.49. The minimum absolute atomic E-state index is 0.0833. The highest BCUT2D eigenvalue weighted by Crippen LogP contribution is 2.42. The van der Waals surface area contributed by atoms with E-state index in [9.17, 15) is 4.79 Å². The molecule has 2 aliphatic rings. The fourth-order valence-corrected chi connectivity index (χ4v) is 3.26. The maximum atomic E-state index is 12.8. The second-order valence-corrected chi connectivity index (χ2v) is 6.53. The zero-order valence-electron chi connectivity index (χ0n) is 15.0. The van der Waals surface area contributed by atoms with Crippen LogP contribution in [0.4, 0.5) is 0 Å². The van der Waals surface area contributed by atoms with Crippen LogP contribution >= 0.6 is 0 Å². The lowest BCUT2D eigenvalue weighted by Crippen LogP contribution is -2.34. The van der Waals surface area contributed by atoms with E-state index in [-0.39, 0.29) is 5.78 Å². The molecule has 0 unspecified atom stereocenters. The molecule has 0 saturated heterocycles. The number of ether oxygens (including phenoxy) is 3. The Hall–Kier alpha value is -2.63. The molecule has 5 heteroatoms. The molecule has 0 fully saturated rings. The fourth-order valence-electron chi connectivity index (χ4n) is 3.26. The van der Waals surface area contributed by atoms with Crippen LogP contribution in [0.2, 0.25) is 0 Å². The van der Waals surface area contributed by atoms with E-state index in [1.807, 2.05) is 43.3 Å². The van der Waals surface area contributed by atoms with Gasteiger partial charge in [0.05, 0.1) is 17.7 Å². The number of methoxy groups -OCH3 is 1. The number of aryl methyl sites for hydroxylation is 1. The van der Waals surface area contributed by atoms with Crippen molar-refractivity contribution in [1.29, 1.82) is 0 Å². The van der Waals surface area contributed by atoms with Gasteiger partial charge in [-0.25, -0.2) is 0 Å². The molecular weight excluding hydrogens is 330 g/mol. The number of hydrogen-bond donors (Lipinski definition) is 0. The lowest BCUT2D eigenvalue weighted by molar-refractivity contribution is 0.0646. The van der Waals surface area contributed by atoms with Crippen LogP contribution in [0.3, 0.4) is 0 Å². The topological polar surface area (TPSA) is 48.0 Å². The summed E-state index contributed by atoms with van der Waals surface area (Å²) < 4.78 is 17.0. The summed E-state index contributed by atoms with van der Waals surface area (Å²) in [5.74, 6) is 1.67. The van der Waals surface area contributed by atoms with Crippen molar-refractivity contribution in [1.82, 2.24) is 4.90 Å². The highest BCUT2D eigenvalue weighted by atomic mass is 16.5. The zero-order valence-corrected chi connectivity index (χ0v) is 15.0. The number of Topliss-reactive ketones (excluding diaryl/α,β-unsaturated/α-hetero) is 1. The van der Waals surface area contributed by atoms with Crippen LogP contribution in [0.5, 0.6) is 11.5 Å². The lowest BCUT2D eigenvalue weighted by Gasteiger charge is -2.29. The molecule has 2 aromatic carbocycles. The Labute approximate surface area is 152 Å². The number of allylic oxidation sites excluding steroid dienone is 1. The van der Waals surface area contributed by atoms with Crippen LogP contribution in [-0.4, -0.2) is 37.7 Å². The fraction of sp³-hybridized carbons (Fsp3) is 0.286. The van der Waals surface area contributed by atoms with E-state index in [0.717, 1.165) is 29.0 Å². The molecule has 0 aliphatic carbocycles. The number of hydrogen-bond acceptors (Lipinski definition) is 5. The highest BCUT2D eigenvalue weighted by Gasteiger charge is 2.33. The third-order valence-electron chi connectivity index (χ3n) is 4.77. The normalized spacial score (nSPS) is 17.6. The van der Waals surface area contributed by atoms with Crippen molar-refractivity contribution in [3.63, 3.8) is 0 Å². The summed E-state index contributed by atoms with van der Waals surface area (Å²) >= 11 is 0. The average Bonchev–Trinajstić information content (AvgIpc) is 2.98. The summed E-state index contributed by atoms with van der Waals surface area (Å²) in [7, 11) is 1.68. The number of rotatable bonds is 4. The number of carbonyl (C=O) groups is 1. The van der Waals surface area contributed by atoms with Crippen LogP contribution in [0.25, 0.3) is 6.08 Å². The van der Waals surface area contributed by atoms with E-state index in [2.05, 4.69) is 4.90 Å². The second kappa shape index (κ2) is 6.94. The molecule has 0 bridgehead atoms. The number of benzene rings is 2. The van der Waals surface area contributed by atoms with E-state index in [4.69, 9.17) is 14.2 Å². The second-order valence-electron chi connectivity index (χ2n) is 6.53. The van der Waals surface area contributed by atoms with Gasteiger partial charge < -0.3 is 14.2 Å². The number of ketones is 1. The first kappa shape index (κ1) is 16.8. The highest BCUT2D eigenvalue weighted by molar-refractivity contribution is 6.15. The largest absolute Gasteiger partial charge is 0.478 e. The molecule has 0 spiro atoms. The van der Waals surface area contributed by atoms with Crippen molar-refractivity contribution in [3.8, 4) is 11.5 Å². The van der Waals surface area contributed by atoms with Gasteiger partial charge in [0.25, 0.3) is 0 Å². The molecule has 0 atom stereocenters. The first-order chi connectivity index (χ1) is 12.7. The third-order valence-corrected chi connectivity index (χ3v) is 4.77. The number of fused-ring (bicyclic) bond motifs is 3. The van der Waals surface area contributed by atoms with Gasteiger partial charge in [-0.3, -0.25) is 9.69 Å². The van der Waals surface area contributed by atoms with Crippen LogP contribution in [0, 0.1) is 6.92 Å². The van der Waals surface area contributed by atoms with Gasteiger partial charge in [-0.2, -0.15) is 0 Å². The summed E-state index contributed by atoms with van der Waals surface area (Å²) in [6.45, 7) is 4.59. The molecule has 0 amide bonds. The van der Waals surface area contributed by atoms with E-state index in [1.54, 1.807) is 13.2 Å². The summed E-state index contributed by atoms with van der Waals surface area (Å²) in [6.07, 6.45) is 1.82. The molecule has 2 aromatic rings. The van der Waals surface area contributed by atoms with E-state index < -0.39 is 0 Å². The van der Waals surface area contributed by atoms with Crippen molar-refractivity contribution in [2.24, 2.45) is 0 Å². The van der Waals surface area contributed by atoms with Crippen LogP contribution in [-0.2, 0) is 11.3 Å². The molecular formula is C21H21NO4. The summed E-state index contributed by atoms with van der Waals surface area (Å²) in [6, 6.07) is 11.6. The molecule has 2 heterocycles. The molecule has 0 N–H and O–H groups in total. The van der Waals surface area contributed by atoms with Gasteiger partial charge >= 0.3 is 0 Å². The zero-order chi connectivity index (χ0) is 18.1. The van der Waals surface area contributed by atoms with E-state index in [1.165, 1.54) is 0 Å². The van der Waals surface area contributed by atoms with Crippen molar-refractivity contribution in [2.75, 3.05) is 27.0 Å². The third kappa shape index (κ3) is 3.00. The first-order valence-corrected chi connectivity index (χ1v) is 8.67. The Morgan fingerprint density at radius 1 is 1.23 bits per heavy atom. The lowest BCUT2D eigenvalue weighted by atomic mass is 10.0. The van der Waals surface area contributed by atoms with Gasteiger partial charge in [-0.15, -0.1) is 0 Å². The summed E-state index contributed by atoms with van der Waals surface area (Å²) in [4.78, 5) is 14.9. The maximum Gasteiger partial charge on any atom is 0.231 e. The minimum atomic E-state index is -0.0833. The Bertz CT molecular complexity index is 888. The molecule has 134 valence electrons. The van der Waals surface area contributed by atoms with Crippen LogP contribution in [0.1, 0.15) is 27.0 Å². The molecule has 5 nitrogen and oxygen atoms in total. The van der Waals surface area contributed by atoms with E-state index in [0.29, 0.717) is 37.0 Å². The number of nitrogens with zero attached hydrogens (tertiary/aromatic N) is 1. The average molecular weight is 351 g/mol. The SMILES string of the molecule is COCCN1COc2ccc3c(c2C1)O/C(=C\c1ccccc1C)C3=O. The van der Waals surface area contributed by atoms with Gasteiger partial charge in [0.15, 0.2) is 5.76 Å². The molecule has 0 saturated carbocycles. The molecule has 0 aromatic heterocycles. The standard InChI is InChI=1S/C21H21NO4/c1-14-5-3-4-6-15(14)11-19-20(23)16-7-8-18-17(21(16)26-19)12-22(13-25-18)9-10-24-2/h3-8,11H,9-10,12-13H2,1-2H3/b19-11-. The van der Waals surface area contributed by atoms with Gasteiger partial charge in [-0.1, -0.05) is 24.3 Å². The predicted molar refractivity (Wildman–Crippen MR) is 98.3 cm³/mol. The molecule has 4 rings (SSSR count). The van der Waals surface area contributed by atoms with Gasteiger partial charge in [-0.05, 0) is 36.3 Å². The Balaban J connectivity index is 1.66. The summed E-state index contributed by atoms with van der Waals surface area (Å²) in [5, 5.41) is 0. The van der Waals surface area contributed by atoms with Gasteiger partial charge in [0.2, 0.25) is 5.78 Å². The Morgan fingerprint density at radius 2 is 2.08 bits per heavy atom. The number of carbonyl (C=O) groups excluding carboxylic acids is 1. The van der Waals surface area contributed by atoms with E-state index >= 15 is 0 Å². The first-order valence-electron chi connectivity index (χ1n) is 8.67. The summed E-state index contributed by atoms with van der Waals surface area (Å²) in [5.41, 5.74) is 3.60. The predicted octanol–water partition coefficient (Wildman–Crippen LogP) is 3.41. The van der Waals surface area contributed by atoms with Gasteiger partial charge in [0.1, 0.15) is 18.2 Å². The minimum Gasteiger partial charge on any atom is -0.478 e. The quantitative estimate of drug-likeness (QED) is 0.790. The van der Waals surface area contributed by atoms with Crippen molar-refractivity contribution < 1.29 is 19.0 Å². The van der Waals surface area contributed by atoms with Crippen molar-refractivity contribution >= 4 is 11.9 Å². The maximum absolute atomic E-state index is 12.8. The smallest absolute Gasteiger partial charge is 0.231 e. The molecule has 2 aliphatic heterocycles. The van der Waals surface area contributed by atoms with Crippen LogP contribution in [0.15, 0.2) is 42.2 Å². The van der Waals surface area contributed by atoms with Crippen LogP contribution < -0.4 is 9.47 Å². The van der Waals surface area contributed by atoms with Crippen molar-refractivity contribution in [3.05, 3.63) is 64.4 Å². The molecule has 0 radical (unpaired) electrons. The molecule has 26 heavy (non-hydrogen) atoms.